The van der Waals surface area contributed by atoms with Gasteiger partial charge in [-0.1, -0.05) is 0 Å². The summed E-state index contributed by atoms with van der Waals surface area (Å²) in [5.74, 6) is -1.69. The molecule has 0 aliphatic carbocycles. The van der Waals surface area contributed by atoms with Crippen molar-refractivity contribution in [3.05, 3.63) is 120 Å². The molecule has 1 N–H and O–H groups in total. The third-order valence-corrected chi connectivity index (χ3v) is 10.8. The number of alkyl carbamates (subject to hydrolysis) is 1. The van der Waals surface area contributed by atoms with Crippen molar-refractivity contribution in [2.75, 3.05) is 44.2 Å². The number of likely N-dealkylation sites (tertiary alicyclic amines) is 1. The molecular formula is C37H39N7O14S2. The lowest BCUT2D eigenvalue weighted by Crippen LogP contribution is -2.55. The Hall–Kier alpha value is -6.49. The van der Waals surface area contributed by atoms with Crippen LogP contribution < -0.4 is 5.32 Å². The number of amides is 4. The number of carbonyl (C=O) groups excluding carboxylic acids is 5. The van der Waals surface area contributed by atoms with Crippen molar-refractivity contribution in [3.63, 3.8) is 0 Å². The van der Waals surface area contributed by atoms with E-state index in [1.165, 1.54) is 77.7 Å². The number of rotatable bonds is 16. The Morgan fingerprint density at radius 3 is 1.63 bits per heavy atom. The molecule has 0 spiro atoms. The van der Waals surface area contributed by atoms with Crippen LogP contribution in [-0.4, -0.2) is 121 Å². The van der Waals surface area contributed by atoms with E-state index >= 15 is 0 Å². The number of nitro benzene ring substituents is 3. The molecule has 0 unspecified atom stereocenters. The Morgan fingerprint density at radius 2 is 1.15 bits per heavy atom. The summed E-state index contributed by atoms with van der Waals surface area (Å²) in [5, 5.41) is 35.0. The topological polar surface area (TPSA) is 264 Å². The minimum Gasteiger partial charge on any atom is -0.459 e. The molecule has 3 atom stereocenters. The first kappa shape index (κ1) is 44.6. The third kappa shape index (κ3) is 12.5. The van der Waals surface area contributed by atoms with Crippen LogP contribution in [0.4, 0.5) is 26.7 Å². The lowest BCUT2D eigenvalue weighted by atomic mass is 10.1. The van der Waals surface area contributed by atoms with E-state index in [2.05, 4.69) is 17.9 Å². The number of ether oxygens (including phenoxy) is 3. The number of piperazine rings is 1. The van der Waals surface area contributed by atoms with Crippen LogP contribution >= 0.6 is 24.4 Å². The molecule has 23 heteroatoms. The number of carbonyl (C=O) groups is 5. The first-order valence-electron chi connectivity index (χ1n) is 18.2. The number of nitrogens with one attached hydrogen (secondary N) is 1. The maximum atomic E-state index is 13.6. The fraction of sp³-hybridized carbons (Fsp3) is 0.378. The molecule has 2 saturated heterocycles. The van der Waals surface area contributed by atoms with E-state index in [1.54, 1.807) is 9.80 Å². The van der Waals surface area contributed by atoms with Gasteiger partial charge in [0.1, 0.15) is 31.9 Å². The van der Waals surface area contributed by atoms with Gasteiger partial charge in [-0.05, 0) is 59.5 Å². The second kappa shape index (κ2) is 21.0. The molecule has 3 aromatic rings. The summed E-state index contributed by atoms with van der Waals surface area (Å²) in [6.07, 6.45) is -1.43. The number of esters is 1. The Bertz CT molecular complexity index is 2070. The van der Waals surface area contributed by atoms with E-state index in [4.69, 9.17) is 14.2 Å². The number of non-ortho nitro benzene ring substituents is 3. The van der Waals surface area contributed by atoms with Crippen LogP contribution in [0, 0.1) is 30.3 Å². The number of nitrogens with zero attached hydrogens (tertiary/aromatic N) is 6. The van der Waals surface area contributed by atoms with Crippen LogP contribution in [0.25, 0.3) is 0 Å². The van der Waals surface area contributed by atoms with Crippen LogP contribution in [0.15, 0.2) is 72.8 Å². The maximum absolute atomic E-state index is 13.6. The first-order chi connectivity index (χ1) is 28.7. The van der Waals surface area contributed by atoms with Gasteiger partial charge in [0.05, 0.1) is 20.5 Å². The summed E-state index contributed by atoms with van der Waals surface area (Å²) in [7, 11) is 0. The van der Waals surface area contributed by atoms with Gasteiger partial charge in [-0.25, -0.2) is 14.4 Å². The standard InChI is InChI=1S/C37H39N7O14S2/c45-33(39-13-15-40(16-14-39)34(46)32-17-30(59)18-41(32)37(49)58-21-26-5-11-29(12-6-26)44(54)55)23-60-22-31(35(47)56-19-24-1-7-27(8-2-24)42(50)51)38-36(48)57-20-25-3-9-28(10-4-25)43(52)53/h1-12,30-32,59H,13-23H2,(H,38,48)/t30-,31+,32-/m0/s1. The Balaban J connectivity index is 1.10. The molecule has 3 aromatic carbocycles. The molecule has 318 valence electrons. The number of hydrogen-bond donors (Lipinski definition) is 2. The van der Waals surface area contributed by atoms with Gasteiger partial charge in [-0.2, -0.15) is 12.6 Å². The molecule has 0 radical (unpaired) electrons. The lowest BCUT2D eigenvalue weighted by molar-refractivity contribution is -0.385. The van der Waals surface area contributed by atoms with Crippen molar-refractivity contribution < 1.29 is 53.0 Å². The van der Waals surface area contributed by atoms with Gasteiger partial charge < -0.3 is 29.3 Å². The quantitative estimate of drug-likeness (QED) is 0.0681. The van der Waals surface area contributed by atoms with Crippen LogP contribution in [0.5, 0.6) is 0 Å². The largest absolute Gasteiger partial charge is 0.459 e. The van der Waals surface area contributed by atoms with E-state index in [9.17, 15) is 54.3 Å². The van der Waals surface area contributed by atoms with Crippen LogP contribution in [-0.2, 0) is 48.4 Å². The highest BCUT2D eigenvalue weighted by Gasteiger charge is 2.42. The van der Waals surface area contributed by atoms with Crippen molar-refractivity contribution in [2.24, 2.45) is 0 Å². The molecule has 2 aliphatic rings. The van der Waals surface area contributed by atoms with E-state index in [0.29, 0.717) is 23.1 Å². The van der Waals surface area contributed by atoms with Crippen molar-refractivity contribution in [3.8, 4) is 0 Å². The predicted octanol–water partition coefficient (Wildman–Crippen LogP) is 3.86. The monoisotopic (exact) mass is 869 g/mol. The highest BCUT2D eigenvalue weighted by Crippen LogP contribution is 2.26. The van der Waals surface area contributed by atoms with E-state index < -0.39 is 45.0 Å². The summed E-state index contributed by atoms with van der Waals surface area (Å²) in [5.41, 5.74) is 1.01. The second-order valence-electron chi connectivity index (χ2n) is 13.5. The van der Waals surface area contributed by atoms with Gasteiger partial charge in [0.2, 0.25) is 11.8 Å². The fourth-order valence-electron chi connectivity index (χ4n) is 6.12. The molecule has 4 amide bonds. The lowest BCUT2D eigenvalue weighted by Gasteiger charge is -2.37. The maximum Gasteiger partial charge on any atom is 0.410 e. The molecule has 5 rings (SSSR count). The zero-order valence-corrected chi connectivity index (χ0v) is 33.4. The second-order valence-corrected chi connectivity index (χ2v) is 15.2. The Labute approximate surface area is 351 Å². The highest BCUT2D eigenvalue weighted by molar-refractivity contribution is 8.00. The molecule has 21 nitrogen and oxygen atoms in total. The zero-order valence-electron chi connectivity index (χ0n) is 31.7. The van der Waals surface area contributed by atoms with Gasteiger partial charge >= 0.3 is 18.2 Å². The summed E-state index contributed by atoms with van der Waals surface area (Å²) in [6, 6.07) is 14.0. The molecule has 2 fully saturated rings. The van der Waals surface area contributed by atoms with Crippen LogP contribution in [0.3, 0.4) is 0 Å². The number of thioether (sulfide) groups is 1. The van der Waals surface area contributed by atoms with Crippen molar-refractivity contribution in [1.29, 1.82) is 0 Å². The van der Waals surface area contributed by atoms with E-state index in [1.807, 2.05) is 0 Å². The van der Waals surface area contributed by atoms with Crippen LogP contribution in [0.1, 0.15) is 23.1 Å². The Morgan fingerprint density at radius 1 is 0.700 bits per heavy atom. The molecule has 2 aliphatic heterocycles. The third-order valence-electron chi connectivity index (χ3n) is 9.38. The summed E-state index contributed by atoms with van der Waals surface area (Å²) in [4.78, 5) is 101. The van der Waals surface area contributed by atoms with Crippen molar-refractivity contribution in [2.45, 2.75) is 43.6 Å². The summed E-state index contributed by atoms with van der Waals surface area (Å²) < 4.78 is 16.0. The predicted molar refractivity (Wildman–Crippen MR) is 215 cm³/mol. The molecule has 0 saturated carbocycles. The smallest absolute Gasteiger partial charge is 0.410 e. The number of hydrogen-bond acceptors (Lipinski definition) is 16. The number of benzene rings is 3. The number of nitro groups is 3. The van der Waals surface area contributed by atoms with Crippen LogP contribution in [0.2, 0.25) is 0 Å². The first-order valence-corrected chi connectivity index (χ1v) is 19.9. The summed E-state index contributed by atoms with van der Waals surface area (Å²) >= 11 is 5.52. The van der Waals surface area contributed by atoms with Gasteiger partial charge in [-0.15, -0.1) is 11.8 Å². The van der Waals surface area contributed by atoms with Gasteiger partial charge in [0.25, 0.3) is 17.1 Å². The molecule has 0 bridgehead atoms. The molecule has 0 aromatic heterocycles. The molecular weight excluding hydrogens is 831 g/mol. The fourth-order valence-corrected chi connectivity index (χ4v) is 7.42. The normalized spacial score (nSPS) is 16.6. The summed E-state index contributed by atoms with van der Waals surface area (Å²) in [6.45, 7) is 0.252. The Kier molecular flexibility index (Phi) is 15.6. The SMILES string of the molecule is O=C(N[C@H](CSCC(=O)N1CCN(C(=O)[C@@H]2C[C@H](S)CN2C(=O)OCc2ccc([N+](=O)[O-])cc2)CC1)C(=O)OCc1ccc([N+](=O)[O-])cc1)OCc1ccc([N+](=O)[O-])cc1. The van der Waals surface area contributed by atoms with E-state index in [0.717, 1.165) is 11.8 Å². The van der Waals surface area contributed by atoms with E-state index in [-0.39, 0.29) is 98.2 Å². The number of thiol groups is 1. The average molecular weight is 870 g/mol. The molecule has 2 heterocycles. The van der Waals surface area contributed by atoms with Crippen molar-refractivity contribution >= 4 is 71.4 Å². The minimum atomic E-state index is -1.29. The highest BCUT2D eigenvalue weighted by atomic mass is 32.2. The van der Waals surface area contributed by atoms with Gasteiger partial charge in [-0.3, -0.25) is 44.8 Å². The average Bonchev–Trinajstić information content (AvgIpc) is 3.65. The zero-order chi connectivity index (χ0) is 43.3. The molecule has 60 heavy (non-hydrogen) atoms. The van der Waals surface area contributed by atoms with Gasteiger partial charge in [0, 0.05) is 80.1 Å². The van der Waals surface area contributed by atoms with Crippen molar-refractivity contribution in [1.82, 2.24) is 20.0 Å². The van der Waals surface area contributed by atoms with Gasteiger partial charge in [0.15, 0.2) is 0 Å². The minimum absolute atomic E-state index is 0.0993.